The number of para-hydroxylation sites is 1. The van der Waals surface area contributed by atoms with Crippen molar-refractivity contribution in [1.29, 1.82) is 0 Å². The molecule has 1 atom stereocenters. The zero-order valence-corrected chi connectivity index (χ0v) is 11.9. The molecule has 0 aromatic heterocycles. The molecule has 1 heterocycles. The van der Waals surface area contributed by atoms with Crippen molar-refractivity contribution in [2.24, 2.45) is 0 Å². The lowest BCUT2D eigenvalue weighted by Crippen LogP contribution is -2.27. The summed E-state index contributed by atoms with van der Waals surface area (Å²) >= 11 is 0. The molecule has 1 nitrogen and oxygen atoms in total. The highest BCUT2D eigenvalue weighted by molar-refractivity contribution is 5.58. The Morgan fingerprint density at radius 2 is 2.17 bits per heavy atom. The average molecular weight is 243 g/mol. The predicted molar refractivity (Wildman–Crippen MR) is 80.2 cm³/mol. The van der Waals surface area contributed by atoms with E-state index in [1.54, 1.807) is 0 Å². The molecular formula is C17H25N. The van der Waals surface area contributed by atoms with Crippen LogP contribution in [-0.2, 0) is 5.41 Å². The Bertz CT molecular complexity index is 433. The fraction of sp³-hybridized carbons (Fsp3) is 0.529. The van der Waals surface area contributed by atoms with Crippen molar-refractivity contribution in [2.75, 3.05) is 11.9 Å². The van der Waals surface area contributed by atoms with Crippen LogP contribution in [0.4, 0.5) is 5.69 Å². The smallest absolute Gasteiger partial charge is 0.0381 e. The average Bonchev–Trinajstić information content (AvgIpc) is 2.59. The maximum absolute atomic E-state index is 3.59. The summed E-state index contributed by atoms with van der Waals surface area (Å²) in [5.41, 5.74) is 4.62. The van der Waals surface area contributed by atoms with Gasteiger partial charge in [-0.1, -0.05) is 43.2 Å². The summed E-state index contributed by atoms with van der Waals surface area (Å²) in [5, 5.41) is 3.59. The van der Waals surface area contributed by atoms with Crippen LogP contribution >= 0.6 is 0 Å². The SMILES string of the molecule is C/C=C(\C)C1(CCC)CCCNc2ccccc21. The summed E-state index contributed by atoms with van der Waals surface area (Å²) in [6.07, 6.45) is 7.31. The van der Waals surface area contributed by atoms with E-state index in [2.05, 4.69) is 56.4 Å². The van der Waals surface area contributed by atoms with Gasteiger partial charge in [0, 0.05) is 17.6 Å². The summed E-state index contributed by atoms with van der Waals surface area (Å²) in [5.74, 6) is 0. The third-order valence-corrected chi connectivity index (χ3v) is 4.40. The van der Waals surface area contributed by atoms with Crippen LogP contribution in [0, 0.1) is 0 Å². The van der Waals surface area contributed by atoms with E-state index in [1.165, 1.54) is 42.5 Å². The molecule has 0 spiro atoms. The predicted octanol–water partition coefficient (Wildman–Crippen LogP) is 4.90. The highest BCUT2D eigenvalue weighted by Gasteiger charge is 2.35. The van der Waals surface area contributed by atoms with E-state index < -0.39 is 0 Å². The van der Waals surface area contributed by atoms with Gasteiger partial charge in [0.05, 0.1) is 0 Å². The summed E-state index contributed by atoms with van der Waals surface area (Å²) in [6, 6.07) is 8.86. The third kappa shape index (κ3) is 2.19. The topological polar surface area (TPSA) is 12.0 Å². The van der Waals surface area contributed by atoms with Gasteiger partial charge in [0.15, 0.2) is 0 Å². The zero-order chi connectivity index (χ0) is 13.0. The normalized spacial score (nSPS) is 24.1. The van der Waals surface area contributed by atoms with Crippen LogP contribution in [0.15, 0.2) is 35.9 Å². The Morgan fingerprint density at radius 3 is 2.89 bits per heavy atom. The minimum atomic E-state index is 0.254. The highest BCUT2D eigenvalue weighted by Crippen LogP contribution is 2.45. The van der Waals surface area contributed by atoms with Crippen molar-refractivity contribution in [2.45, 2.75) is 51.9 Å². The second-order valence-corrected chi connectivity index (χ2v) is 5.38. The summed E-state index contributed by atoms with van der Waals surface area (Å²) in [7, 11) is 0. The molecule has 1 N–H and O–H groups in total. The molecule has 0 saturated heterocycles. The number of allylic oxidation sites excluding steroid dienone is 2. The lowest BCUT2D eigenvalue weighted by molar-refractivity contribution is 0.421. The number of fused-ring (bicyclic) bond motifs is 1. The van der Waals surface area contributed by atoms with E-state index in [0.717, 1.165) is 6.54 Å². The number of benzene rings is 1. The first kappa shape index (κ1) is 13.2. The number of hydrogen-bond donors (Lipinski definition) is 1. The van der Waals surface area contributed by atoms with E-state index in [0.29, 0.717) is 0 Å². The number of anilines is 1. The Balaban J connectivity index is 2.57. The second-order valence-electron chi connectivity index (χ2n) is 5.38. The van der Waals surface area contributed by atoms with E-state index in [4.69, 9.17) is 0 Å². The molecule has 1 aliphatic heterocycles. The van der Waals surface area contributed by atoms with Gasteiger partial charge in [-0.2, -0.15) is 0 Å². The van der Waals surface area contributed by atoms with Gasteiger partial charge in [0.1, 0.15) is 0 Å². The summed E-state index contributed by atoms with van der Waals surface area (Å²) in [4.78, 5) is 0. The second kappa shape index (κ2) is 5.60. The van der Waals surface area contributed by atoms with Crippen molar-refractivity contribution in [3.8, 4) is 0 Å². The van der Waals surface area contributed by atoms with Crippen LogP contribution < -0.4 is 5.32 Å². The van der Waals surface area contributed by atoms with E-state index >= 15 is 0 Å². The molecule has 0 aliphatic carbocycles. The monoisotopic (exact) mass is 243 g/mol. The molecule has 0 radical (unpaired) electrons. The third-order valence-electron chi connectivity index (χ3n) is 4.40. The minimum absolute atomic E-state index is 0.254. The molecule has 0 saturated carbocycles. The Labute approximate surface area is 111 Å². The van der Waals surface area contributed by atoms with Crippen LogP contribution in [0.3, 0.4) is 0 Å². The van der Waals surface area contributed by atoms with E-state index in [1.807, 2.05) is 0 Å². The van der Waals surface area contributed by atoms with Crippen molar-refractivity contribution in [1.82, 2.24) is 0 Å². The Morgan fingerprint density at radius 1 is 1.39 bits per heavy atom. The molecule has 1 heteroatoms. The molecule has 18 heavy (non-hydrogen) atoms. The Kier molecular flexibility index (Phi) is 4.11. The first-order valence-electron chi connectivity index (χ1n) is 7.21. The molecule has 1 unspecified atom stereocenters. The molecular weight excluding hydrogens is 218 g/mol. The van der Waals surface area contributed by atoms with Crippen molar-refractivity contribution in [3.63, 3.8) is 0 Å². The van der Waals surface area contributed by atoms with Crippen LogP contribution in [0.25, 0.3) is 0 Å². The molecule has 2 rings (SSSR count). The van der Waals surface area contributed by atoms with Crippen LogP contribution in [0.1, 0.15) is 52.0 Å². The fourth-order valence-corrected chi connectivity index (χ4v) is 3.37. The van der Waals surface area contributed by atoms with Crippen LogP contribution in [0.5, 0.6) is 0 Å². The minimum Gasteiger partial charge on any atom is -0.385 e. The number of hydrogen-bond acceptors (Lipinski definition) is 1. The van der Waals surface area contributed by atoms with Gasteiger partial charge in [0.25, 0.3) is 0 Å². The van der Waals surface area contributed by atoms with Gasteiger partial charge in [-0.3, -0.25) is 0 Å². The summed E-state index contributed by atoms with van der Waals surface area (Å²) < 4.78 is 0. The van der Waals surface area contributed by atoms with Gasteiger partial charge in [-0.15, -0.1) is 0 Å². The molecule has 1 aliphatic rings. The standard InChI is InChI=1S/C17H25N/c1-4-11-17(14(3)5-2)12-8-13-18-16-10-7-6-9-15(16)17/h5-7,9-10,18H,4,8,11-13H2,1-3H3/b14-5+. The lowest BCUT2D eigenvalue weighted by Gasteiger charge is -2.35. The largest absolute Gasteiger partial charge is 0.385 e. The van der Waals surface area contributed by atoms with Crippen molar-refractivity contribution < 1.29 is 0 Å². The molecule has 0 fully saturated rings. The Hall–Kier alpha value is -1.24. The molecule has 98 valence electrons. The number of rotatable bonds is 3. The van der Waals surface area contributed by atoms with Crippen LogP contribution in [0.2, 0.25) is 0 Å². The van der Waals surface area contributed by atoms with E-state index in [-0.39, 0.29) is 5.41 Å². The summed E-state index contributed by atoms with van der Waals surface area (Å²) in [6.45, 7) is 7.87. The van der Waals surface area contributed by atoms with Crippen LogP contribution in [-0.4, -0.2) is 6.54 Å². The van der Waals surface area contributed by atoms with Crippen molar-refractivity contribution >= 4 is 5.69 Å². The van der Waals surface area contributed by atoms with Crippen molar-refractivity contribution in [3.05, 3.63) is 41.5 Å². The zero-order valence-electron chi connectivity index (χ0n) is 11.9. The molecule has 0 bridgehead atoms. The quantitative estimate of drug-likeness (QED) is 0.745. The fourth-order valence-electron chi connectivity index (χ4n) is 3.37. The molecule has 1 aromatic rings. The first-order chi connectivity index (χ1) is 8.74. The van der Waals surface area contributed by atoms with Gasteiger partial charge < -0.3 is 5.32 Å². The molecule has 1 aromatic carbocycles. The lowest BCUT2D eigenvalue weighted by atomic mass is 9.68. The highest BCUT2D eigenvalue weighted by atomic mass is 14.9. The maximum Gasteiger partial charge on any atom is 0.0381 e. The van der Waals surface area contributed by atoms with E-state index in [9.17, 15) is 0 Å². The first-order valence-corrected chi connectivity index (χ1v) is 7.21. The van der Waals surface area contributed by atoms with Gasteiger partial charge in [0.2, 0.25) is 0 Å². The molecule has 0 amide bonds. The maximum atomic E-state index is 3.59. The van der Waals surface area contributed by atoms with Gasteiger partial charge in [-0.25, -0.2) is 0 Å². The number of nitrogens with one attached hydrogen (secondary N) is 1. The van der Waals surface area contributed by atoms with Gasteiger partial charge in [-0.05, 0) is 44.7 Å². The van der Waals surface area contributed by atoms with Gasteiger partial charge >= 0.3 is 0 Å².